The van der Waals surface area contributed by atoms with Gasteiger partial charge in [0.1, 0.15) is 17.5 Å². The van der Waals surface area contributed by atoms with Crippen molar-refractivity contribution >= 4 is 11.6 Å². The summed E-state index contributed by atoms with van der Waals surface area (Å²) in [7, 11) is 2.05. The SMILES string of the molecule is CCN(C)c1cc(NCC2CCNC2)nc(C)n1. The van der Waals surface area contributed by atoms with Gasteiger partial charge in [0.05, 0.1) is 0 Å². The molecule has 0 aromatic carbocycles. The molecule has 1 aliphatic rings. The highest BCUT2D eigenvalue weighted by molar-refractivity contribution is 5.48. The van der Waals surface area contributed by atoms with Gasteiger partial charge in [0.25, 0.3) is 0 Å². The Morgan fingerprint density at radius 2 is 2.33 bits per heavy atom. The van der Waals surface area contributed by atoms with E-state index in [2.05, 4.69) is 32.4 Å². The molecule has 1 unspecified atom stereocenters. The predicted molar refractivity (Wildman–Crippen MR) is 75.2 cm³/mol. The van der Waals surface area contributed by atoms with Gasteiger partial charge < -0.3 is 15.5 Å². The standard InChI is InChI=1S/C13H23N5/c1-4-18(3)13-7-12(16-10(2)17-13)15-9-11-5-6-14-8-11/h7,11,14H,4-6,8-9H2,1-3H3,(H,15,16,17). The van der Waals surface area contributed by atoms with Crippen LogP contribution in [0, 0.1) is 12.8 Å². The fourth-order valence-corrected chi connectivity index (χ4v) is 2.14. The molecule has 5 heteroatoms. The highest BCUT2D eigenvalue weighted by Crippen LogP contribution is 2.15. The van der Waals surface area contributed by atoms with E-state index >= 15 is 0 Å². The van der Waals surface area contributed by atoms with Crippen molar-refractivity contribution in [2.24, 2.45) is 5.92 Å². The van der Waals surface area contributed by atoms with Crippen molar-refractivity contribution in [2.75, 3.05) is 43.4 Å². The largest absolute Gasteiger partial charge is 0.370 e. The molecule has 0 aliphatic carbocycles. The Hall–Kier alpha value is -1.36. The lowest BCUT2D eigenvalue weighted by Crippen LogP contribution is -2.20. The van der Waals surface area contributed by atoms with Crippen LogP contribution in [0.4, 0.5) is 11.6 Å². The summed E-state index contributed by atoms with van der Waals surface area (Å²) in [4.78, 5) is 11.0. The first-order chi connectivity index (χ1) is 8.69. The highest BCUT2D eigenvalue weighted by Gasteiger charge is 2.14. The molecule has 1 aliphatic heterocycles. The van der Waals surface area contributed by atoms with Crippen LogP contribution < -0.4 is 15.5 Å². The Morgan fingerprint density at radius 1 is 1.50 bits per heavy atom. The molecule has 0 bridgehead atoms. The van der Waals surface area contributed by atoms with Gasteiger partial charge in [0, 0.05) is 26.2 Å². The van der Waals surface area contributed by atoms with Crippen LogP contribution >= 0.6 is 0 Å². The molecule has 18 heavy (non-hydrogen) atoms. The van der Waals surface area contributed by atoms with E-state index in [-0.39, 0.29) is 0 Å². The lowest BCUT2D eigenvalue weighted by Gasteiger charge is -2.17. The summed E-state index contributed by atoms with van der Waals surface area (Å²) < 4.78 is 0. The van der Waals surface area contributed by atoms with E-state index in [9.17, 15) is 0 Å². The molecule has 0 amide bonds. The van der Waals surface area contributed by atoms with Crippen molar-refractivity contribution in [1.29, 1.82) is 0 Å². The van der Waals surface area contributed by atoms with Gasteiger partial charge in [-0.1, -0.05) is 0 Å². The van der Waals surface area contributed by atoms with Gasteiger partial charge in [0.15, 0.2) is 0 Å². The second kappa shape index (κ2) is 6.00. The van der Waals surface area contributed by atoms with Gasteiger partial charge in [0.2, 0.25) is 0 Å². The maximum absolute atomic E-state index is 4.45. The molecular formula is C13H23N5. The van der Waals surface area contributed by atoms with E-state index in [1.807, 2.05) is 20.0 Å². The normalized spacial score (nSPS) is 18.9. The fourth-order valence-electron chi connectivity index (χ4n) is 2.14. The first-order valence-electron chi connectivity index (χ1n) is 6.70. The summed E-state index contributed by atoms with van der Waals surface area (Å²) in [5.41, 5.74) is 0. The van der Waals surface area contributed by atoms with Gasteiger partial charge in [-0.2, -0.15) is 0 Å². The Kier molecular flexibility index (Phi) is 4.36. The maximum atomic E-state index is 4.45. The fraction of sp³-hybridized carbons (Fsp3) is 0.692. The van der Waals surface area contributed by atoms with Crippen molar-refractivity contribution in [1.82, 2.24) is 15.3 Å². The summed E-state index contributed by atoms with van der Waals surface area (Å²) in [5.74, 6) is 3.45. The van der Waals surface area contributed by atoms with Crippen LogP contribution in [-0.2, 0) is 0 Å². The van der Waals surface area contributed by atoms with E-state index < -0.39 is 0 Å². The lowest BCUT2D eigenvalue weighted by atomic mass is 10.1. The highest BCUT2D eigenvalue weighted by atomic mass is 15.2. The lowest BCUT2D eigenvalue weighted by molar-refractivity contribution is 0.614. The Bertz CT molecular complexity index is 387. The van der Waals surface area contributed by atoms with Gasteiger partial charge in [-0.15, -0.1) is 0 Å². The molecule has 1 aromatic rings. The summed E-state index contributed by atoms with van der Waals surface area (Å²) in [5, 5.41) is 6.81. The molecule has 2 heterocycles. The molecule has 1 saturated heterocycles. The average molecular weight is 249 g/mol. The topological polar surface area (TPSA) is 53.1 Å². The summed E-state index contributed by atoms with van der Waals surface area (Å²) in [6.07, 6.45) is 1.25. The third-order valence-electron chi connectivity index (χ3n) is 3.42. The van der Waals surface area contributed by atoms with Crippen molar-refractivity contribution in [3.8, 4) is 0 Å². The molecule has 0 saturated carbocycles. The van der Waals surface area contributed by atoms with E-state index in [1.54, 1.807) is 0 Å². The van der Waals surface area contributed by atoms with Crippen molar-refractivity contribution in [3.63, 3.8) is 0 Å². The minimum Gasteiger partial charge on any atom is -0.370 e. The molecule has 0 spiro atoms. The Labute approximate surface area is 109 Å². The average Bonchev–Trinajstić information content (AvgIpc) is 2.88. The molecule has 100 valence electrons. The quantitative estimate of drug-likeness (QED) is 0.823. The number of anilines is 2. The van der Waals surface area contributed by atoms with Crippen LogP contribution in [0.1, 0.15) is 19.2 Å². The third-order valence-corrected chi connectivity index (χ3v) is 3.42. The number of nitrogens with zero attached hydrogens (tertiary/aromatic N) is 3. The number of hydrogen-bond donors (Lipinski definition) is 2. The third kappa shape index (κ3) is 3.32. The van der Waals surface area contributed by atoms with Crippen LogP contribution in [0.2, 0.25) is 0 Å². The smallest absolute Gasteiger partial charge is 0.134 e. The van der Waals surface area contributed by atoms with E-state index in [1.165, 1.54) is 6.42 Å². The minimum absolute atomic E-state index is 0.715. The van der Waals surface area contributed by atoms with Crippen molar-refractivity contribution in [3.05, 3.63) is 11.9 Å². The van der Waals surface area contributed by atoms with Gasteiger partial charge >= 0.3 is 0 Å². The first-order valence-corrected chi connectivity index (χ1v) is 6.70. The number of aromatic nitrogens is 2. The molecule has 5 nitrogen and oxygen atoms in total. The number of aryl methyl sites for hydroxylation is 1. The van der Waals surface area contributed by atoms with Crippen LogP contribution in [0.25, 0.3) is 0 Å². The molecule has 0 radical (unpaired) electrons. The number of nitrogens with one attached hydrogen (secondary N) is 2. The second-order valence-corrected chi connectivity index (χ2v) is 4.91. The first kappa shape index (κ1) is 13.1. The number of rotatable bonds is 5. The van der Waals surface area contributed by atoms with Gasteiger partial charge in [-0.25, -0.2) is 9.97 Å². The maximum Gasteiger partial charge on any atom is 0.134 e. The molecule has 2 rings (SSSR count). The molecule has 1 aromatic heterocycles. The Balaban J connectivity index is 2.00. The van der Waals surface area contributed by atoms with Crippen LogP contribution in [0.3, 0.4) is 0 Å². The second-order valence-electron chi connectivity index (χ2n) is 4.91. The Morgan fingerprint density at radius 3 is 3.00 bits per heavy atom. The monoisotopic (exact) mass is 249 g/mol. The van der Waals surface area contributed by atoms with Crippen LogP contribution in [-0.4, -0.2) is 43.2 Å². The van der Waals surface area contributed by atoms with Crippen LogP contribution in [0.15, 0.2) is 6.07 Å². The summed E-state index contributed by atoms with van der Waals surface area (Å²) in [6.45, 7) is 8.24. The minimum atomic E-state index is 0.715. The van der Waals surface area contributed by atoms with E-state index in [0.29, 0.717) is 5.92 Å². The van der Waals surface area contributed by atoms with E-state index in [4.69, 9.17) is 0 Å². The van der Waals surface area contributed by atoms with Crippen molar-refractivity contribution < 1.29 is 0 Å². The summed E-state index contributed by atoms with van der Waals surface area (Å²) >= 11 is 0. The molecule has 1 fully saturated rings. The molecular weight excluding hydrogens is 226 g/mol. The van der Waals surface area contributed by atoms with E-state index in [0.717, 1.165) is 43.6 Å². The zero-order valence-corrected chi connectivity index (χ0v) is 11.5. The van der Waals surface area contributed by atoms with Crippen molar-refractivity contribution in [2.45, 2.75) is 20.3 Å². The summed E-state index contributed by atoms with van der Waals surface area (Å²) in [6, 6.07) is 2.03. The molecule has 1 atom stereocenters. The van der Waals surface area contributed by atoms with Gasteiger partial charge in [-0.3, -0.25) is 0 Å². The van der Waals surface area contributed by atoms with Gasteiger partial charge in [-0.05, 0) is 39.3 Å². The van der Waals surface area contributed by atoms with Crippen LogP contribution in [0.5, 0.6) is 0 Å². The zero-order valence-electron chi connectivity index (χ0n) is 11.5. The zero-order chi connectivity index (χ0) is 13.0. The predicted octanol–water partition coefficient (Wildman–Crippen LogP) is 1.26. The molecule has 2 N–H and O–H groups in total. The number of hydrogen-bond acceptors (Lipinski definition) is 5.